The van der Waals surface area contributed by atoms with Gasteiger partial charge in [-0.3, -0.25) is 4.79 Å². The van der Waals surface area contributed by atoms with Gasteiger partial charge in [-0.1, -0.05) is 41.4 Å². The van der Waals surface area contributed by atoms with Crippen LogP contribution in [0.2, 0.25) is 10.0 Å². The fraction of sp³-hybridized carbons (Fsp3) is 0.136. The number of halogens is 2. The number of rotatable bonds is 6. The monoisotopic (exact) mass is 439 g/mol. The van der Waals surface area contributed by atoms with Gasteiger partial charge in [-0.25, -0.2) is 9.97 Å². The van der Waals surface area contributed by atoms with E-state index in [-0.39, 0.29) is 5.91 Å². The van der Waals surface area contributed by atoms with Gasteiger partial charge in [-0.2, -0.15) is 0 Å². The molecule has 0 fully saturated rings. The minimum Gasteiger partial charge on any atom is -0.351 e. The number of carbonyl (C=O) groups excluding carboxylic acids is 1. The number of carbonyl (C=O) groups is 1. The van der Waals surface area contributed by atoms with Crippen molar-refractivity contribution in [1.82, 2.24) is 19.9 Å². The first kappa shape index (κ1) is 20.3. The highest BCUT2D eigenvalue weighted by atomic mass is 35.5. The van der Waals surface area contributed by atoms with Crippen molar-refractivity contribution < 1.29 is 4.79 Å². The predicted octanol–water partition coefficient (Wildman–Crippen LogP) is 4.14. The van der Waals surface area contributed by atoms with Crippen LogP contribution in [0.5, 0.6) is 0 Å². The van der Waals surface area contributed by atoms with E-state index in [0.717, 1.165) is 22.2 Å². The summed E-state index contributed by atoms with van der Waals surface area (Å²) in [5.41, 5.74) is 8.47. The lowest BCUT2D eigenvalue weighted by molar-refractivity contribution is 0.0955. The van der Waals surface area contributed by atoms with E-state index in [2.05, 4.69) is 10.3 Å². The first-order valence-corrected chi connectivity index (χ1v) is 10.2. The molecule has 3 N–H and O–H groups in total. The number of hydrogen-bond acceptors (Lipinski definition) is 4. The summed E-state index contributed by atoms with van der Waals surface area (Å²) in [5, 5.41) is 4.89. The van der Waals surface area contributed by atoms with E-state index in [4.69, 9.17) is 33.9 Å². The Morgan fingerprint density at radius 1 is 1.13 bits per heavy atom. The summed E-state index contributed by atoms with van der Waals surface area (Å²) in [6, 6.07) is 14.6. The Labute approximate surface area is 183 Å². The van der Waals surface area contributed by atoms with Crippen LogP contribution in [0, 0.1) is 0 Å². The maximum absolute atomic E-state index is 12.2. The summed E-state index contributed by atoms with van der Waals surface area (Å²) < 4.78 is 2.01. The van der Waals surface area contributed by atoms with Crippen molar-refractivity contribution in [3.8, 4) is 11.4 Å². The number of nitrogens with zero attached hydrogens (tertiary/aromatic N) is 3. The molecule has 0 atom stereocenters. The summed E-state index contributed by atoms with van der Waals surface area (Å²) in [6.07, 6.45) is 3.73. The average Bonchev–Trinajstić information content (AvgIpc) is 3.16. The van der Waals surface area contributed by atoms with E-state index < -0.39 is 0 Å². The molecule has 152 valence electrons. The van der Waals surface area contributed by atoms with Crippen LogP contribution in [0.3, 0.4) is 0 Å². The highest BCUT2D eigenvalue weighted by Crippen LogP contribution is 2.25. The Kier molecular flexibility index (Phi) is 5.99. The minimum atomic E-state index is -0.177. The van der Waals surface area contributed by atoms with Crippen LogP contribution in [-0.2, 0) is 6.54 Å². The van der Waals surface area contributed by atoms with Crippen LogP contribution >= 0.6 is 23.2 Å². The molecule has 30 heavy (non-hydrogen) atoms. The Hall–Kier alpha value is -2.93. The standard InChI is InChI=1S/C22H19Cl2N5O/c23-18-5-4-17(19(24)11-18)13-29-9-6-16-12-27-20(28-21(16)29)14-2-1-3-15(10-14)22(30)26-8-7-25/h1-6,9-12H,7-8,13,25H2,(H,26,30). The Balaban J connectivity index is 1.67. The third kappa shape index (κ3) is 4.31. The maximum Gasteiger partial charge on any atom is 0.251 e. The lowest BCUT2D eigenvalue weighted by Gasteiger charge is -2.09. The molecule has 2 aromatic heterocycles. The summed E-state index contributed by atoms with van der Waals surface area (Å²) >= 11 is 12.3. The van der Waals surface area contributed by atoms with E-state index in [1.165, 1.54) is 0 Å². The van der Waals surface area contributed by atoms with E-state index >= 15 is 0 Å². The fourth-order valence-electron chi connectivity index (χ4n) is 3.16. The number of amides is 1. The second kappa shape index (κ2) is 8.83. The van der Waals surface area contributed by atoms with E-state index in [0.29, 0.717) is 41.1 Å². The second-order valence-corrected chi connectivity index (χ2v) is 7.62. The lowest BCUT2D eigenvalue weighted by Crippen LogP contribution is -2.28. The van der Waals surface area contributed by atoms with Crippen LogP contribution < -0.4 is 11.1 Å². The number of hydrogen-bond donors (Lipinski definition) is 2. The van der Waals surface area contributed by atoms with E-state index in [9.17, 15) is 4.79 Å². The molecular formula is C22H19Cl2N5O. The van der Waals surface area contributed by atoms with Crippen molar-refractivity contribution >= 4 is 40.1 Å². The van der Waals surface area contributed by atoms with Crippen LogP contribution in [-0.4, -0.2) is 33.5 Å². The Bertz CT molecular complexity index is 1220. The maximum atomic E-state index is 12.2. The third-order valence-corrected chi connectivity index (χ3v) is 5.26. The smallest absolute Gasteiger partial charge is 0.251 e. The topological polar surface area (TPSA) is 85.8 Å². The molecule has 6 nitrogen and oxygen atoms in total. The van der Waals surface area contributed by atoms with Gasteiger partial charge in [0.1, 0.15) is 5.65 Å². The molecule has 0 saturated carbocycles. The number of nitrogens with two attached hydrogens (primary N) is 1. The number of benzene rings is 2. The molecule has 0 radical (unpaired) electrons. The molecule has 1 amide bonds. The second-order valence-electron chi connectivity index (χ2n) is 6.78. The zero-order valence-electron chi connectivity index (χ0n) is 16.0. The Morgan fingerprint density at radius 3 is 2.80 bits per heavy atom. The average molecular weight is 440 g/mol. The van der Waals surface area contributed by atoms with Gasteiger partial charge in [0.15, 0.2) is 5.82 Å². The molecule has 0 aliphatic carbocycles. The van der Waals surface area contributed by atoms with Gasteiger partial charge in [0.2, 0.25) is 0 Å². The number of fused-ring (bicyclic) bond motifs is 1. The molecule has 2 aromatic carbocycles. The van der Waals surface area contributed by atoms with Gasteiger partial charge in [-0.15, -0.1) is 0 Å². The van der Waals surface area contributed by atoms with Crippen LogP contribution in [0.4, 0.5) is 0 Å². The minimum absolute atomic E-state index is 0.177. The molecule has 4 rings (SSSR count). The molecular weight excluding hydrogens is 421 g/mol. The van der Waals surface area contributed by atoms with Crippen molar-refractivity contribution in [2.24, 2.45) is 5.73 Å². The van der Waals surface area contributed by atoms with Gasteiger partial charge in [0.05, 0.1) is 6.54 Å². The molecule has 4 aromatic rings. The molecule has 2 heterocycles. The van der Waals surface area contributed by atoms with E-state index in [1.54, 1.807) is 24.4 Å². The van der Waals surface area contributed by atoms with Crippen LogP contribution in [0.1, 0.15) is 15.9 Å². The summed E-state index contributed by atoms with van der Waals surface area (Å²) in [6.45, 7) is 1.36. The summed E-state index contributed by atoms with van der Waals surface area (Å²) in [4.78, 5) is 21.4. The summed E-state index contributed by atoms with van der Waals surface area (Å²) in [5.74, 6) is 0.363. The zero-order chi connectivity index (χ0) is 21.1. The van der Waals surface area contributed by atoms with Gasteiger partial charge >= 0.3 is 0 Å². The number of nitrogens with one attached hydrogen (secondary N) is 1. The molecule has 0 spiro atoms. The van der Waals surface area contributed by atoms with Crippen molar-refractivity contribution in [1.29, 1.82) is 0 Å². The normalized spacial score (nSPS) is 11.0. The van der Waals surface area contributed by atoms with Crippen molar-refractivity contribution in [3.63, 3.8) is 0 Å². The third-order valence-electron chi connectivity index (χ3n) is 4.67. The van der Waals surface area contributed by atoms with Gasteiger partial charge in [0, 0.05) is 52.0 Å². The molecule has 0 unspecified atom stereocenters. The van der Waals surface area contributed by atoms with Crippen molar-refractivity contribution in [3.05, 3.63) is 82.1 Å². The fourth-order valence-corrected chi connectivity index (χ4v) is 3.63. The predicted molar refractivity (Wildman–Crippen MR) is 120 cm³/mol. The molecule has 0 aliphatic rings. The van der Waals surface area contributed by atoms with Gasteiger partial charge < -0.3 is 15.6 Å². The zero-order valence-corrected chi connectivity index (χ0v) is 17.5. The molecule has 0 saturated heterocycles. The first-order valence-electron chi connectivity index (χ1n) is 9.39. The molecule has 8 heteroatoms. The number of aromatic nitrogens is 3. The van der Waals surface area contributed by atoms with Crippen LogP contribution in [0.25, 0.3) is 22.4 Å². The SMILES string of the molecule is NCCNC(=O)c1cccc(-c2ncc3ccn(Cc4ccc(Cl)cc4Cl)c3n2)c1. The first-order chi connectivity index (χ1) is 14.5. The molecule has 0 bridgehead atoms. The van der Waals surface area contributed by atoms with E-state index in [1.807, 2.05) is 41.1 Å². The Morgan fingerprint density at radius 2 is 2.00 bits per heavy atom. The lowest BCUT2D eigenvalue weighted by atomic mass is 10.1. The largest absolute Gasteiger partial charge is 0.351 e. The van der Waals surface area contributed by atoms with Crippen molar-refractivity contribution in [2.75, 3.05) is 13.1 Å². The highest BCUT2D eigenvalue weighted by molar-refractivity contribution is 6.35. The molecule has 0 aliphatic heterocycles. The van der Waals surface area contributed by atoms with Crippen LogP contribution in [0.15, 0.2) is 60.9 Å². The quantitative estimate of drug-likeness (QED) is 0.472. The summed E-state index contributed by atoms with van der Waals surface area (Å²) in [7, 11) is 0. The highest BCUT2D eigenvalue weighted by Gasteiger charge is 2.11. The van der Waals surface area contributed by atoms with Gasteiger partial charge in [-0.05, 0) is 35.9 Å². The van der Waals surface area contributed by atoms with Gasteiger partial charge in [0.25, 0.3) is 5.91 Å². The van der Waals surface area contributed by atoms with Crippen molar-refractivity contribution in [2.45, 2.75) is 6.54 Å².